The van der Waals surface area contributed by atoms with E-state index in [0.29, 0.717) is 0 Å². The molecule has 0 unspecified atom stereocenters. The highest BCUT2D eigenvalue weighted by molar-refractivity contribution is 7.98. The number of hydrogen-bond donors (Lipinski definition) is 1. The van der Waals surface area contributed by atoms with Gasteiger partial charge in [-0.1, -0.05) is 24.6 Å². The summed E-state index contributed by atoms with van der Waals surface area (Å²) in [5.74, 6) is 1.12. The van der Waals surface area contributed by atoms with Gasteiger partial charge in [-0.05, 0) is 30.5 Å². The minimum Gasteiger partial charge on any atom is -0.373 e. The third kappa shape index (κ3) is 4.78. The molecule has 0 fully saturated rings. The largest absolute Gasteiger partial charge is 0.373 e. The first kappa shape index (κ1) is 14.7. The summed E-state index contributed by atoms with van der Waals surface area (Å²) >= 11 is 8.16. The van der Waals surface area contributed by atoms with Crippen molar-refractivity contribution in [3.63, 3.8) is 0 Å². The summed E-state index contributed by atoms with van der Waals surface area (Å²) in [5, 5.41) is 4.14. The van der Waals surface area contributed by atoms with E-state index in [0.717, 1.165) is 36.1 Å². The van der Waals surface area contributed by atoms with Gasteiger partial charge in [0.1, 0.15) is 0 Å². The Morgan fingerprint density at radius 3 is 2.76 bits per heavy atom. The zero-order chi connectivity index (χ0) is 12.7. The van der Waals surface area contributed by atoms with Crippen molar-refractivity contribution in [1.82, 2.24) is 5.32 Å². The van der Waals surface area contributed by atoms with E-state index in [1.807, 2.05) is 11.8 Å². The Morgan fingerprint density at radius 2 is 2.18 bits per heavy atom. The summed E-state index contributed by atoms with van der Waals surface area (Å²) in [7, 11) is 2.08. The van der Waals surface area contributed by atoms with Gasteiger partial charge in [-0.25, -0.2) is 0 Å². The second-order valence-electron chi connectivity index (χ2n) is 3.98. The predicted octanol–water partition coefficient (Wildman–Crippen LogP) is 3.25. The number of nitrogens with one attached hydrogen (secondary N) is 1. The van der Waals surface area contributed by atoms with Crippen molar-refractivity contribution in [2.24, 2.45) is 0 Å². The van der Waals surface area contributed by atoms with Crippen LogP contribution in [0.25, 0.3) is 0 Å². The van der Waals surface area contributed by atoms with Crippen LogP contribution in [-0.4, -0.2) is 32.1 Å². The third-order valence-electron chi connectivity index (χ3n) is 2.63. The average Bonchev–Trinajstić information content (AvgIpc) is 2.33. The zero-order valence-electron chi connectivity index (χ0n) is 10.8. The van der Waals surface area contributed by atoms with Crippen molar-refractivity contribution in [3.8, 4) is 0 Å². The molecule has 1 rings (SSSR count). The van der Waals surface area contributed by atoms with Crippen LogP contribution in [0.3, 0.4) is 0 Å². The quantitative estimate of drug-likeness (QED) is 0.820. The number of nitrogens with zero attached hydrogens (tertiary/aromatic N) is 1. The van der Waals surface area contributed by atoms with Gasteiger partial charge >= 0.3 is 0 Å². The molecule has 0 aliphatic carbocycles. The third-order valence-corrected chi connectivity index (χ3v) is 3.53. The summed E-state index contributed by atoms with van der Waals surface area (Å²) in [5.41, 5.74) is 2.35. The Bertz CT molecular complexity index is 344. The van der Waals surface area contributed by atoms with Gasteiger partial charge in [-0.2, -0.15) is 11.8 Å². The molecule has 0 aromatic heterocycles. The van der Waals surface area contributed by atoms with Gasteiger partial charge in [0.2, 0.25) is 0 Å². The van der Waals surface area contributed by atoms with Crippen molar-refractivity contribution in [2.75, 3.05) is 37.0 Å². The summed E-state index contributed by atoms with van der Waals surface area (Å²) in [4.78, 5) is 2.20. The molecule has 1 N–H and O–H groups in total. The standard InChI is InChI=1S/C13H21ClN2S/c1-4-15-10-11-5-6-13(12(14)9-11)16(2)7-8-17-3/h5-6,9,15H,4,7-8,10H2,1-3H3. The lowest BCUT2D eigenvalue weighted by molar-refractivity contribution is 0.727. The molecule has 1 aromatic rings. The Labute approximate surface area is 114 Å². The molecule has 0 saturated heterocycles. The molecule has 0 amide bonds. The Hall–Kier alpha value is -0.380. The lowest BCUT2D eigenvalue weighted by Crippen LogP contribution is -2.20. The fraction of sp³-hybridized carbons (Fsp3) is 0.538. The van der Waals surface area contributed by atoms with E-state index < -0.39 is 0 Å². The van der Waals surface area contributed by atoms with E-state index in [4.69, 9.17) is 11.6 Å². The molecule has 0 spiro atoms. The minimum absolute atomic E-state index is 0.837. The second-order valence-corrected chi connectivity index (χ2v) is 5.37. The highest BCUT2D eigenvalue weighted by Gasteiger charge is 2.06. The SMILES string of the molecule is CCNCc1ccc(N(C)CCSC)c(Cl)c1. The van der Waals surface area contributed by atoms with E-state index in [1.54, 1.807) is 0 Å². The van der Waals surface area contributed by atoms with Crippen LogP contribution in [0.2, 0.25) is 5.02 Å². The molecule has 0 bridgehead atoms. The van der Waals surface area contributed by atoms with Crippen LogP contribution in [0.1, 0.15) is 12.5 Å². The van der Waals surface area contributed by atoms with Crippen LogP contribution < -0.4 is 10.2 Å². The van der Waals surface area contributed by atoms with Gasteiger partial charge in [0, 0.05) is 25.9 Å². The van der Waals surface area contributed by atoms with Crippen LogP contribution in [0.5, 0.6) is 0 Å². The first-order valence-electron chi connectivity index (χ1n) is 5.88. The van der Waals surface area contributed by atoms with E-state index in [2.05, 4.69) is 48.6 Å². The highest BCUT2D eigenvalue weighted by atomic mass is 35.5. The molecule has 0 aliphatic heterocycles. The first-order chi connectivity index (χ1) is 8.19. The van der Waals surface area contributed by atoms with Crippen LogP contribution in [0.15, 0.2) is 18.2 Å². The Morgan fingerprint density at radius 1 is 1.41 bits per heavy atom. The van der Waals surface area contributed by atoms with Crippen molar-refractivity contribution in [1.29, 1.82) is 0 Å². The summed E-state index contributed by atoms with van der Waals surface area (Å²) in [6.45, 7) is 4.98. The first-order valence-corrected chi connectivity index (χ1v) is 7.65. The molecular weight excluding hydrogens is 252 g/mol. The number of halogens is 1. The van der Waals surface area contributed by atoms with Crippen LogP contribution in [-0.2, 0) is 6.54 Å². The maximum atomic E-state index is 6.31. The molecule has 17 heavy (non-hydrogen) atoms. The van der Waals surface area contributed by atoms with Crippen LogP contribution in [0, 0.1) is 0 Å². The molecule has 0 radical (unpaired) electrons. The maximum absolute atomic E-state index is 6.31. The molecule has 0 saturated carbocycles. The molecule has 2 nitrogen and oxygen atoms in total. The van der Waals surface area contributed by atoms with Gasteiger partial charge in [0.05, 0.1) is 10.7 Å². The zero-order valence-corrected chi connectivity index (χ0v) is 12.4. The van der Waals surface area contributed by atoms with E-state index >= 15 is 0 Å². The number of thioether (sulfide) groups is 1. The van der Waals surface area contributed by atoms with Gasteiger partial charge in [0.15, 0.2) is 0 Å². The molecule has 96 valence electrons. The minimum atomic E-state index is 0.837. The number of hydrogen-bond acceptors (Lipinski definition) is 3. The van der Waals surface area contributed by atoms with Crippen molar-refractivity contribution >= 4 is 29.1 Å². The molecule has 0 aliphatic rings. The van der Waals surface area contributed by atoms with Gasteiger partial charge in [-0.15, -0.1) is 0 Å². The molecule has 0 heterocycles. The molecule has 4 heteroatoms. The normalized spacial score (nSPS) is 10.6. The number of rotatable bonds is 7. The second kappa shape index (κ2) is 7.85. The fourth-order valence-corrected chi connectivity index (χ4v) is 2.39. The van der Waals surface area contributed by atoms with Crippen LogP contribution >= 0.6 is 23.4 Å². The average molecular weight is 273 g/mol. The topological polar surface area (TPSA) is 15.3 Å². The highest BCUT2D eigenvalue weighted by Crippen LogP contribution is 2.26. The number of anilines is 1. The van der Waals surface area contributed by atoms with E-state index in [-0.39, 0.29) is 0 Å². The maximum Gasteiger partial charge on any atom is 0.0642 e. The summed E-state index contributed by atoms with van der Waals surface area (Å²) in [6.07, 6.45) is 2.12. The van der Waals surface area contributed by atoms with Crippen molar-refractivity contribution in [2.45, 2.75) is 13.5 Å². The van der Waals surface area contributed by atoms with Gasteiger partial charge < -0.3 is 10.2 Å². The Balaban J connectivity index is 2.68. The van der Waals surface area contributed by atoms with E-state index in [1.165, 1.54) is 5.56 Å². The molecule has 0 atom stereocenters. The van der Waals surface area contributed by atoms with Crippen molar-refractivity contribution < 1.29 is 0 Å². The summed E-state index contributed by atoms with van der Waals surface area (Å²) in [6, 6.07) is 6.30. The number of benzene rings is 1. The fourth-order valence-electron chi connectivity index (χ4n) is 1.59. The lowest BCUT2D eigenvalue weighted by Gasteiger charge is -2.20. The summed E-state index contributed by atoms with van der Waals surface area (Å²) < 4.78 is 0. The van der Waals surface area contributed by atoms with Crippen molar-refractivity contribution in [3.05, 3.63) is 28.8 Å². The molecule has 1 aromatic carbocycles. The monoisotopic (exact) mass is 272 g/mol. The Kier molecular flexibility index (Phi) is 6.78. The van der Waals surface area contributed by atoms with E-state index in [9.17, 15) is 0 Å². The predicted molar refractivity (Wildman–Crippen MR) is 80.5 cm³/mol. The van der Waals surface area contributed by atoms with Crippen LogP contribution in [0.4, 0.5) is 5.69 Å². The van der Waals surface area contributed by atoms with Gasteiger partial charge in [-0.3, -0.25) is 0 Å². The smallest absolute Gasteiger partial charge is 0.0642 e. The molecular formula is C13H21ClN2S. The lowest BCUT2D eigenvalue weighted by atomic mass is 10.2. The van der Waals surface area contributed by atoms with Gasteiger partial charge in [0.25, 0.3) is 0 Å².